The summed E-state index contributed by atoms with van der Waals surface area (Å²) in [7, 11) is 0. The Bertz CT molecular complexity index is 1330. The molecule has 1 heterocycles. The van der Waals surface area contributed by atoms with E-state index >= 15 is 0 Å². The summed E-state index contributed by atoms with van der Waals surface area (Å²) in [5.74, 6) is 0.200. The second-order valence-corrected chi connectivity index (χ2v) is 11.4. The SMILES string of the molecule is CCC(CC)(CC(=O)Nc1cccc(C=Cc2cccc(COCCCCc3ccc(OCC(C)C)cc3)n2)c1)C(=O)O. The normalized spacial score (nSPS) is 11.7. The van der Waals surface area contributed by atoms with Gasteiger partial charge in [-0.3, -0.25) is 14.6 Å². The molecule has 2 aromatic carbocycles. The van der Waals surface area contributed by atoms with Crippen LogP contribution in [-0.2, 0) is 27.4 Å². The zero-order chi connectivity index (χ0) is 31.1. The van der Waals surface area contributed by atoms with Crippen molar-refractivity contribution in [1.82, 2.24) is 4.98 Å². The van der Waals surface area contributed by atoms with Crippen molar-refractivity contribution in [2.45, 2.75) is 72.8 Å². The number of pyridine rings is 1. The number of ether oxygens (including phenoxy) is 2. The van der Waals surface area contributed by atoms with Crippen LogP contribution in [0.1, 0.15) is 82.3 Å². The van der Waals surface area contributed by atoms with Crippen molar-refractivity contribution in [3.63, 3.8) is 0 Å². The predicted octanol–water partition coefficient (Wildman–Crippen LogP) is 8.05. The van der Waals surface area contributed by atoms with Crippen molar-refractivity contribution < 1.29 is 24.2 Å². The van der Waals surface area contributed by atoms with Gasteiger partial charge in [0.1, 0.15) is 5.75 Å². The van der Waals surface area contributed by atoms with Gasteiger partial charge in [0.25, 0.3) is 0 Å². The highest BCUT2D eigenvalue weighted by atomic mass is 16.5. The number of amides is 1. The maximum Gasteiger partial charge on any atom is 0.310 e. The van der Waals surface area contributed by atoms with E-state index in [1.807, 2.05) is 60.7 Å². The molecule has 0 aliphatic rings. The first-order valence-corrected chi connectivity index (χ1v) is 15.3. The molecule has 7 nitrogen and oxygen atoms in total. The zero-order valence-corrected chi connectivity index (χ0v) is 26.0. The second-order valence-electron chi connectivity index (χ2n) is 11.4. The van der Waals surface area contributed by atoms with Crippen LogP contribution < -0.4 is 10.1 Å². The molecule has 0 atom stereocenters. The van der Waals surface area contributed by atoms with Gasteiger partial charge in [-0.2, -0.15) is 0 Å². The summed E-state index contributed by atoms with van der Waals surface area (Å²) in [6.45, 7) is 9.77. The molecule has 230 valence electrons. The molecule has 0 aliphatic carbocycles. The van der Waals surface area contributed by atoms with Crippen LogP contribution in [0.2, 0.25) is 0 Å². The van der Waals surface area contributed by atoms with Crippen molar-refractivity contribution in [3.8, 4) is 5.75 Å². The summed E-state index contributed by atoms with van der Waals surface area (Å²) in [5, 5.41) is 12.5. The van der Waals surface area contributed by atoms with Gasteiger partial charge >= 0.3 is 5.97 Å². The van der Waals surface area contributed by atoms with Crippen LogP contribution in [0.15, 0.2) is 66.7 Å². The second kappa shape index (κ2) is 17.2. The van der Waals surface area contributed by atoms with Gasteiger partial charge in [0.05, 0.1) is 30.0 Å². The molecule has 0 spiro atoms. The fourth-order valence-electron chi connectivity index (χ4n) is 4.69. The summed E-state index contributed by atoms with van der Waals surface area (Å²) in [4.78, 5) is 29.1. The number of hydrogen-bond acceptors (Lipinski definition) is 5. The maximum absolute atomic E-state index is 12.6. The molecule has 43 heavy (non-hydrogen) atoms. The van der Waals surface area contributed by atoms with Crippen molar-refractivity contribution >= 4 is 29.7 Å². The minimum absolute atomic E-state index is 0.0590. The molecule has 7 heteroatoms. The Hall–Kier alpha value is -3.97. The lowest BCUT2D eigenvalue weighted by Gasteiger charge is -2.25. The largest absolute Gasteiger partial charge is 0.493 e. The lowest BCUT2D eigenvalue weighted by molar-refractivity contribution is -0.151. The maximum atomic E-state index is 12.6. The molecule has 0 bridgehead atoms. The zero-order valence-electron chi connectivity index (χ0n) is 26.0. The number of carboxylic acids is 1. The summed E-state index contributed by atoms with van der Waals surface area (Å²) in [5.41, 5.74) is 3.47. The number of rotatable bonds is 18. The number of carboxylic acid groups (broad SMARTS) is 1. The van der Waals surface area contributed by atoms with Crippen LogP contribution in [0, 0.1) is 11.3 Å². The monoisotopic (exact) mass is 586 g/mol. The number of anilines is 1. The number of unbranched alkanes of at least 4 members (excludes halogenated alkanes) is 1. The molecule has 0 aliphatic heterocycles. The smallest absolute Gasteiger partial charge is 0.310 e. The van der Waals surface area contributed by atoms with Crippen molar-refractivity contribution in [1.29, 1.82) is 0 Å². The lowest BCUT2D eigenvalue weighted by atomic mass is 9.79. The Kier molecular flexibility index (Phi) is 13.4. The third kappa shape index (κ3) is 11.3. The van der Waals surface area contributed by atoms with E-state index < -0.39 is 11.4 Å². The third-order valence-electron chi connectivity index (χ3n) is 7.51. The van der Waals surface area contributed by atoms with Gasteiger partial charge < -0.3 is 19.9 Å². The lowest BCUT2D eigenvalue weighted by Crippen LogP contribution is -2.34. The van der Waals surface area contributed by atoms with E-state index in [2.05, 4.69) is 36.3 Å². The van der Waals surface area contributed by atoms with Gasteiger partial charge in [0.2, 0.25) is 5.91 Å². The molecular weight excluding hydrogens is 540 g/mol. The van der Waals surface area contributed by atoms with Gasteiger partial charge in [-0.1, -0.05) is 64.1 Å². The first kappa shape index (κ1) is 33.5. The average Bonchev–Trinajstić information content (AvgIpc) is 3.00. The molecule has 0 fully saturated rings. The molecule has 0 radical (unpaired) electrons. The number of aryl methyl sites for hydroxylation is 1. The number of nitrogens with zero attached hydrogens (tertiary/aromatic N) is 1. The highest BCUT2D eigenvalue weighted by Crippen LogP contribution is 2.31. The number of benzene rings is 2. The molecule has 2 N–H and O–H groups in total. The molecule has 0 saturated heterocycles. The summed E-state index contributed by atoms with van der Waals surface area (Å²) in [6, 6.07) is 21.7. The van der Waals surface area contributed by atoms with Gasteiger partial charge in [-0.05, 0) is 91.6 Å². The number of hydrogen-bond donors (Lipinski definition) is 2. The molecule has 3 aromatic rings. The number of carbonyl (C=O) groups excluding carboxylic acids is 1. The fourth-order valence-corrected chi connectivity index (χ4v) is 4.69. The predicted molar refractivity (Wildman–Crippen MR) is 173 cm³/mol. The Labute approximate surface area is 256 Å². The molecule has 0 unspecified atom stereocenters. The van der Waals surface area contributed by atoms with Crippen LogP contribution in [0.5, 0.6) is 5.75 Å². The Morgan fingerprint density at radius 2 is 1.72 bits per heavy atom. The van der Waals surface area contributed by atoms with Crippen LogP contribution in [0.25, 0.3) is 12.2 Å². The summed E-state index contributed by atoms with van der Waals surface area (Å²) >= 11 is 0. The van der Waals surface area contributed by atoms with Crippen LogP contribution in [-0.4, -0.2) is 35.2 Å². The Morgan fingerprint density at radius 3 is 2.42 bits per heavy atom. The van der Waals surface area contributed by atoms with Crippen molar-refractivity contribution in [3.05, 3.63) is 89.2 Å². The molecule has 1 amide bonds. The summed E-state index contributed by atoms with van der Waals surface area (Å²) < 4.78 is 11.6. The number of aliphatic carboxylic acids is 1. The Balaban J connectivity index is 1.43. The van der Waals surface area contributed by atoms with E-state index in [0.717, 1.165) is 48.6 Å². The van der Waals surface area contributed by atoms with E-state index in [0.29, 0.717) is 37.7 Å². The van der Waals surface area contributed by atoms with Crippen LogP contribution in [0.3, 0.4) is 0 Å². The standard InChI is InChI=1S/C36H46N2O5/c1-5-36(6-2,35(40)41)24-34(39)38-31-14-9-12-29(23-31)16-19-30-13-10-15-32(37-30)26-42-22-8-7-11-28-17-20-33(21-18-28)43-25-27(3)4/h9-10,12-21,23,27H,5-8,11,22,24-26H2,1-4H3,(H,38,39)(H,40,41). The van der Waals surface area contributed by atoms with E-state index in [-0.39, 0.29) is 12.3 Å². The highest BCUT2D eigenvalue weighted by Gasteiger charge is 2.37. The quantitative estimate of drug-likeness (QED) is 0.146. The minimum atomic E-state index is -1.04. The number of nitrogens with one attached hydrogen (secondary N) is 1. The van der Waals surface area contributed by atoms with Crippen LogP contribution in [0.4, 0.5) is 5.69 Å². The number of aromatic nitrogens is 1. The van der Waals surface area contributed by atoms with E-state index in [1.165, 1.54) is 5.56 Å². The molecular formula is C36H46N2O5. The topological polar surface area (TPSA) is 97.8 Å². The van der Waals surface area contributed by atoms with E-state index in [9.17, 15) is 14.7 Å². The van der Waals surface area contributed by atoms with E-state index in [1.54, 1.807) is 19.9 Å². The average molecular weight is 587 g/mol. The molecule has 0 saturated carbocycles. The van der Waals surface area contributed by atoms with Gasteiger partial charge in [-0.15, -0.1) is 0 Å². The van der Waals surface area contributed by atoms with Crippen molar-refractivity contribution in [2.24, 2.45) is 11.3 Å². The van der Waals surface area contributed by atoms with Gasteiger partial charge in [0.15, 0.2) is 0 Å². The van der Waals surface area contributed by atoms with Gasteiger partial charge in [-0.25, -0.2) is 0 Å². The molecule has 1 aromatic heterocycles. The fraction of sp³-hybridized carbons (Fsp3) is 0.417. The first-order valence-electron chi connectivity index (χ1n) is 15.3. The first-order chi connectivity index (χ1) is 20.7. The van der Waals surface area contributed by atoms with Crippen LogP contribution >= 0.6 is 0 Å². The highest BCUT2D eigenvalue weighted by molar-refractivity contribution is 5.94. The van der Waals surface area contributed by atoms with Crippen molar-refractivity contribution in [2.75, 3.05) is 18.5 Å². The van der Waals surface area contributed by atoms with E-state index in [4.69, 9.17) is 9.47 Å². The molecule has 3 rings (SSSR count). The minimum Gasteiger partial charge on any atom is -0.493 e. The third-order valence-corrected chi connectivity index (χ3v) is 7.51. The Morgan fingerprint density at radius 1 is 0.977 bits per heavy atom. The summed E-state index contributed by atoms with van der Waals surface area (Å²) in [6.07, 6.45) is 7.64. The van der Waals surface area contributed by atoms with Gasteiger partial charge in [0, 0.05) is 18.7 Å². The number of carbonyl (C=O) groups is 2.